The van der Waals surface area contributed by atoms with Crippen molar-refractivity contribution in [3.8, 4) is 0 Å². The minimum atomic E-state index is -0.876. The molecule has 0 bridgehead atoms. The molecule has 72 valence electrons. The summed E-state index contributed by atoms with van der Waals surface area (Å²) >= 11 is 6.28. The average molecular weight is 311 g/mol. The van der Waals surface area contributed by atoms with Gasteiger partial charge in [-0.3, -0.25) is 0 Å². The normalized spacial score (nSPS) is 15.4. The largest absolute Gasteiger partial charge is 0.389 e. The summed E-state index contributed by atoms with van der Waals surface area (Å²) in [5.74, 6) is 0. The van der Waals surface area contributed by atoms with Gasteiger partial charge in [-0.1, -0.05) is 15.9 Å². The minimum Gasteiger partial charge on any atom is -0.389 e. The van der Waals surface area contributed by atoms with Crippen LogP contribution in [0.1, 0.15) is 11.7 Å². The molecule has 2 unspecified atom stereocenters. The molecule has 1 rings (SSSR count). The Labute approximate surface area is 93.1 Å². The van der Waals surface area contributed by atoms with Crippen molar-refractivity contribution in [2.75, 3.05) is 5.33 Å². The molecule has 0 aliphatic heterocycles. The zero-order chi connectivity index (χ0) is 9.84. The van der Waals surface area contributed by atoms with Gasteiger partial charge in [0, 0.05) is 11.5 Å². The second-order valence-corrected chi connectivity index (χ2v) is 4.04. The molecule has 0 saturated heterocycles. The van der Waals surface area contributed by atoms with E-state index in [-0.39, 0.29) is 0 Å². The number of nitrogens with zero attached hydrogens (tertiary/aromatic N) is 1. The highest BCUT2D eigenvalue weighted by Gasteiger charge is 2.16. The van der Waals surface area contributed by atoms with Crippen LogP contribution in [0.2, 0.25) is 0 Å². The van der Waals surface area contributed by atoms with Crippen LogP contribution in [0.4, 0.5) is 0 Å². The van der Waals surface area contributed by atoms with Crippen LogP contribution in [0.15, 0.2) is 22.9 Å². The molecule has 1 aromatic heterocycles. The van der Waals surface area contributed by atoms with E-state index in [1.54, 1.807) is 18.3 Å². The third-order valence-electron chi connectivity index (χ3n) is 1.61. The molecular formula is C8H9Br2NO2. The van der Waals surface area contributed by atoms with Gasteiger partial charge in [-0.15, -0.1) is 0 Å². The molecule has 0 aromatic carbocycles. The molecule has 2 N–H and O–H groups in total. The fourth-order valence-corrected chi connectivity index (χ4v) is 1.64. The Bertz CT molecular complexity index is 283. The summed E-state index contributed by atoms with van der Waals surface area (Å²) < 4.78 is 0.644. The molecule has 3 nitrogen and oxygen atoms in total. The SMILES string of the molecule is OC(CBr)C(O)c1ccnc(Br)c1. The number of pyridine rings is 1. The average Bonchev–Trinajstić information content (AvgIpc) is 2.15. The summed E-state index contributed by atoms with van der Waals surface area (Å²) in [4.78, 5) is 3.92. The van der Waals surface area contributed by atoms with Crippen LogP contribution < -0.4 is 0 Å². The Morgan fingerprint density at radius 2 is 2.15 bits per heavy atom. The number of halogens is 2. The quantitative estimate of drug-likeness (QED) is 0.659. The monoisotopic (exact) mass is 309 g/mol. The number of alkyl halides is 1. The van der Waals surface area contributed by atoms with Crippen molar-refractivity contribution in [2.45, 2.75) is 12.2 Å². The topological polar surface area (TPSA) is 53.4 Å². The smallest absolute Gasteiger partial charge is 0.106 e. The molecule has 1 aromatic rings. The Hall–Kier alpha value is 0.0300. The highest BCUT2D eigenvalue weighted by molar-refractivity contribution is 9.10. The van der Waals surface area contributed by atoms with Gasteiger partial charge in [0.05, 0.1) is 6.10 Å². The van der Waals surface area contributed by atoms with Crippen molar-refractivity contribution in [2.24, 2.45) is 0 Å². The summed E-state index contributed by atoms with van der Waals surface area (Å²) in [6.07, 6.45) is -0.100. The van der Waals surface area contributed by atoms with Crippen molar-refractivity contribution in [1.82, 2.24) is 4.98 Å². The summed E-state index contributed by atoms with van der Waals surface area (Å²) in [6, 6.07) is 3.35. The zero-order valence-corrected chi connectivity index (χ0v) is 9.86. The maximum atomic E-state index is 9.58. The summed E-state index contributed by atoms with van der Waals surface area (Å²) in [7, 11) is 0. The van der Waals surface area contributed by atoms with Crippen molar-refractivity contribution < 1.29 is 10.2 Å². The zero-order valence-electron chi connectivity index (χ0n) is 6.69. The maximum Gasteiger partial charge on any atom is 0.106 e. The van der Waals surface area contributed by atoms with E-state index in [1.165, 1.54) is 0 Å². The van der Waals surface area contributed by atoms with E-state index in [0.717, 1.165) is 0 Å². The fourth-order valence-electron chi connectivity index (χ4n) is 0.908. The third kappa shape index (κ3) is 3.02. The lowest BCUT2D eigenvalue weighted by molar-refractivity contribution is 0.0342. The first-order chi connectivity index (χ1) is 6.15. The van der Waals surface area contributed by atoms with Gasteiger partial charge in [0.25, 0.3) is 0 Å². The number of aliphatic hydroxyl groups excluding tert-OH is 2. The Kier molecular flexibility index (Phi) is 4.31. The van der Waals surface area contributed by atoms with Gasteiger partial charge < -0.3 is 10.2 Å². The van der Waals surface area contributed by atoms with Crippen LogP contribution in [0.5, 0.6) is 0 Å². The number of hydrogen-bond acceptors (Lipinski definition) is 3. The van der Waals surface area contributed by atoms with Gasteiger partial charge in [0.2, 0.25) is 0 Å². The van der Waals surface area contributed by atoms with E-state index in [9.17, 15) is 10.2 Å². The van der Waals surface area contributed by atoms with Crippen LogP contribution in [-0.2, 0) is 0 Å². The molecular weight excluding hydrogens is 302 g/mol. The maximum absolute atomic E-state index is 9.58. The lowest BCUT2D eigenvalue weighted by atomic mass is 10.1. The lowest BCUT2D eigenvalue weighted by Gasteiger charge is -2.15. The molecule has 0 radical (unpaired) electrons. The minimum absolute atomic E-state index is 0.341. The molecule has 0 amide bonds. The van der Waals surface area contributed by atoms with Gasteiger partial charge in [-0.2, -0.15) is 0 Å². The molecule has 1 heterocycles. The Morgan fingerprint density at radius 1 is 1.46 bits per heavy atom. The second kappa shape index (κ2) is 5.05. The second-order valence-electron chi connectivity index (χ2n) is 2.58. The predicted molar refractivity (Wildman–Crippen MR) is 56.7 cm³/mol. The van der Waals surface area contributed by atoms with Gasteiger partial charge in [-0.05, 0) is 33.6 Å². The summed E-state index contributed by atoms with van der Waals surface area (Å²) in [5.41, 5.74) is 0.647. The number of aromatic nitrogens is 1. The van der Waals surface area contributed by atoms with Crippen LogP contribution in [0.3, 0.4) is 0 Å². The first-order valence-electron chi connectivity index (χ1n) is 3.68. The molecule has 2 atom stereocenters. The van der Waals surface area contributed by atoms with Crippen molar-refractivity contribution in [3.63, 3.8) is 0 Å². The van der Waals surface area contributed by atoms with Gasteiger partial charge in [0.1, 0.15) is 10.7 Å². The van der Waals surface area contributed by atoms with Crippen LogP contribution in [-0.4, -0.2) is 26.6 Å². The number of hydrogen-bond donors (Lipinski definition) is 2. The van der Waals surface area contributed by atoms with E-state index in [2.05, 4.69) is 36.8 Å². The first kappa shape index (κ1) is 11.1. The van der Waals surface area contributed by atoms with Crippen LogP contribution in [0.25, 0.3) is 0 Å². The molecule has 0 aliphatic rings. The molecule has 5 heteroatoms. The Balaban J connectivity index is 2.82. The summed E-state index contributed by atoms with van der Waals surface area (Å²) in [5, 5.41) is 19.3. The van der Waals surface area contributed by atoms with Crippen LogP contribution in [0, 0.1) is 0 Å². The van der Waals surface area contributed by atoms with Gasteiger partial charge >= 0.3 is 0 Å². The fraction of sp³-hybridized carbons (Fsp3) is 0.375. The molecule has 0 spiro atoms. The predicted octanol–water partition coefficient (Wildman–Crippen LogP) is 1.63. The summed E-state index contributed by atoms with van der Waals surface area (Å²) in [6.45, 7) is 0. The standard InChI is InChI=1S/C8H9Br2NO2/c9-4-6(12)8(13)5-1-2-11-7(10)3-5/h1-3,6,8,12-13H,4H2. The highest BCUT2D eigenvalue weighted by Crippen LogP contribution is 2.19. The van der Waals surface area contributed by atoms with E-state index in [0.29, 0.717) is 15.5 Å². The molecule has 0 saturated carbocycles. The Morgan fingerprint density at radius 3 is 2.69 bits per heavy atom. The van der Waals surface area contributed by atoms with Crippen molar-refractivity contribution >= 4 is 31.9 Å². The van der Waals surface area contributed by atoms with Gasteiger partial charge in [0.15, 0.2) is 0 Å². The highest BCUT2D eigenvalue weighted by atomic mass is 79.9. The van der Waals surface area contributed by atoms with E-state index in [1.807, 2.05) is 0 Å². The number of aliphatic hydroxyl groups is 2. The third-order valence-corrected chi connectivity index (χ3v) is 2.71. The number of rotatable bonds is 3. The first-order valence-corrected chi connectivity index (χ1v) is 5.60. The van der Waals surface area contributed by atoms with E-state index >= 15 is 0 Å². The molecule has 0 aliphatic carbocycles. The molecule has 0 fully saturated rings. The molecule has 13 heavy (non-hydrogen) atoms. The van der Waals surface area contributed by atoms with Crippen LogP contribution >= 0.6 is 31.9 Å². The van der Waals surface area contributed by atoms with E-state index in [4.69, 9.17) is 0 Å². The van der Waals surface area contributed by atoms with E-state index < -0.39 is 12.2 Å². The van der Waals surface area contributed by atoms with Crippen molar-refractivity contribution in [3.05, 3.63) is 28.5 Å². The van der Waals surface area contributed by atoms with Crippen molar-refractivity contribution in [1.29, 1.82) is 0 Å². The lowest BCUT2D eigenvalue weighted by Crippen LogP contribution is -2.19. The van der Waals surface area contributed by atoms with Gasteiger partial charge in [-0.25, -0.2) is 4.98 Å².